The fraction of sp³-hybridized carbons (Fsp3) is 0.469. The van der Waals surface area contributed by atoms with Gasteiger partial charge in [-0.05, 0) is 68.6 Å². The predicted octanol–water partition coefficient (Wildman–Crippen LogP) is 6.62. The summed E-state index contributed by atoms with van der Waals surface area (Å²) >= 11 is 0. The Hall–Kier alpha value is -3.45. The van der Waals surface area contributed by atoms with E-state index in [2.05, 4.69) is 36.2 Å². The number of unbranched alkanes of at least 4 members (excludes halogenated alkanes) is 6. The number of nitrogens with two attached hydrogens (primary N) is 1. The second-order valence-corrected chi connectivity index (χ2v) is 9.74. The third-order valence-electron chi connectivity index (χ3n) is 6.58. The van der Waals surface area contributed by atoms with Gasteiger partial charge in [0.05, 0.1) is 16.9 Å². The number of hydrogen-bond acceptors (Lipinski definition) is 4. The second kappa shape index (κ2) is 17.9. The average Bonchev–Trinajstić information content (AvgIpc) is 3.25. The molecule has 7 heteroatoms. The van der Waals surface area contributed by atoms with E-state index in [-0.39, 0.29) is 11.5 Å². The average molecular weight is 534 g/mol. The van der Waals surface area contributed by atoms with Gasteiger partial charge >= 0.3 is 0 Å². The molecule has 0 aliphatic rings. The van der Waals surface area contributed by atoms with E-state index in [0.29, 0.717) is 23.4 Å². The monoisotopic (exact) mass is 533 g/mol. The van der Waals surface area contributed by atoms with Crippen molar-refractivity contribution in [3.8, 4) is 5.69 Å². The van der Waals surface area contributed by atoms with Gasteiger partial charge in [-0.15, -0.1) is 0 Å². The van der Waals surface area contributed by atoms with Crippen LogP contribution in [-0.4, -0.2) is 35.0 Å². The first-order valence-electron chi connectivity index (χ1n) is 14.5. The van der Waals surface area contributed by atoms with Crippen LogP contribution in [0.4, 0.5) is 5.69 Å². The van der Waals surface area contributed by atoms with Crippen LogP contribution in [0.1, 0.15) is 99.3 Å². The first kappa shape index (κ1) is 31.8. The number of H-pyrrole nitrogens is 1. The quantitative estimate of drug-likeness (QED) is 0.160. The van der Waals surface area contributed by atoms with Crippen LogP contribution in [0.15, 0.2) is 58.3 Å². The van der Waals surface area contributed by atoms with Crippen molar-refractivity contribution < 1.29 is 4.79 Å². The summed E-state index contributed by atoms with van der Waals surface area (Å²) in [6, 6.07) is 14.9. The number of aromatic amines is 1. The smallest absolute Gasteiger partial charge is 0.280 e. The summed E-state index contributed by atoms with van der Waals surface area (Å²) in [5.74, 6) is -0.0922. The molecule has 4 N–H and O–H groups in total. The zero-order valence-electron chi connectivity index (χ0n) is 24.3. The summed E-state index contributed by atoms with van der Waals surface area (Å²) in [5, 5.41) is 6.06. The van der Waals surface area contributed by atoms with E-state index < -0.39 is 0 Å². The Bertz CT molecular complexity index is 1200. The van der Waals surface area contributed by atoms with Gasteiger partial charge in [-0.1, -0.05) is 77.5 Å². The van der Waals surface area contributed by atoms with Gasteiger partial charge in [0.1, 0.15) is 0 Å². The molecule has 0 saturated carbocycles. The molecule has 7 nitrogen and oxygen atoms in total. The SMILES string of the molecule is CCCCCCN.CCCCCCNC(=O)c1ccc(-n2[nH]c(C)c(C=Nc3ccccc3CC)c2=O)cc1. The Morgan fingerprint density at radius 2 is 1.62 bits per heavy atom. The van der Waals surface area contributed by atoms with E-state index in [1.54, 1.807) is 30.5 Å². The standard InChI is InChI=1S/C26H32N4O2.C6H15N/c1-4-6-7-10-17-27-25(31)21-13-15-22(16-14-21)30-26(32)23(19(3)29-30)18-28-24-12-9-8-11-20(24)5-2;1-2-3-4-5-6-7/h8-9,11-16,18,29H,4-7,10,17H2,1-3H3,(H,27,31);2-7H2,1H3. The van der Waals surface area contributed by atoms with Crippen LogP contribution < -0.4 is 16.6 Å². The maximum Gasteiger partial charge on any atom is 0.280 e. The zero-order valence-corrected chi connectivity index (χ0v) is 24.3. The molecule has 0 unspecified atom stereocenters. The van der Waals surface area contributed by atoms with Crippen molar-refractivity contribution in [1.82, 2.24) is 15.1 Å². The second-order valence-electron chi connectivity index (χ2n) is 9.74. The Morgan fingerprint density at radius 1 is 0.949 bits per heavy atom. The van der Waals surface area contributed by atoms with Crippen LogP contribution in [0.5, 0.6) is 0 Å². The van der Waals surface area contributed by atoms with E-state index >= 15 is 0 Å². The van der Waals surface area contributed by atoms with Gasteiger partial charge in [-0.3, -0.25) is 19.7 Å². The molecule has 3 aromatic rings. The van der Waals surface area contributed by atoms with Crippen molar-refractivity contribution in [2.45, 2.75) is 85.5 Å². The molecule has 0 saturated heterocycles. The van der Waals surface area contributed by atoms with Gasteiger partial charge in [0.2, 0.25) is 0 Å². The summed E-state index contributed by atoms with van der Waals surface area (Å²) in [7, 11) is 0. The molecular formula is C32H47N5O2. The van der Waals surface area contributed by atoms with Crippen LogP contribution in [0.2, 0.25) is 0 Å². The first-order valence-corrected chi connectivity index (χ1v) is 14.5. The highest BCUT2D eigenvalue weighted by atomic mass is 16.1. The first-order chi connectivity index (χ1) is 19.0. The van der Waals surface area contributed by atoms with Crippen molar-refractivity contribution in [3.63, 3.8) is 0 Å². The van der Waals surface area contributed by atoms with Gasteiger partial charge in [0.15, 0.2) is 0 Å². The molecule has 1 heterocycles. The minimum absolute atomic E-state index is 0.0922. The van der Waals surface area contributed by atoms with Gasteiger partial charge in [0, 0.05) is 24.0 Å². The maximum atomic E-state index is 13.0. The number of nitrogens with one attached hydrogen (secondary N) is 2. The highest BCUT2D eigenvalue weighted by Crippen LogP contribution is 2.19. The van der Waals surface area contributed by atoms with Crippen LogP contribution >= 0.6 is 0 Å². The molecule has 3 rings (SSSR count). The molecule has 0 bridgehead atoms. The van der Waals surface area contributed by atoms with E-state index in [9.17, 15) is 9.59 Å². The number of nitrogens with zero attached hydrogens (tertiary/aromatic N) is 2. The van der Waals surface area contributed by atoms with Gasteiger partial charge in [0.25, 0.3) is 11.5 Å². The molecule has 0 spiro atoms. The van der Waals surface area contributed by atoms with Crippen molar-refractivity contribution in [1.29, 1.82) is 0 Å². The lowest BCUT2D eigenvalue weighted by molar-refractivity contribution is 0.0953. The lowest BCUT2D eigenvalue weighted by atomic mass is 10.1. The Labute approximate surface area is 233 Å². The highest BCUT2D eigenvalue weighted by Gasteiger charge is 2.12. The number of aliphatic imine (C=N–C) groups is 1. The molecule has 212 valence electrons. The van der Waals surface area contributed by atoms with Crippen LogP contribution in [-0.2, 0) is 6.42 Å². The van der Waals surface area contributed by atoms with E-state index in [1.165, 1.54) is 43.2 Å². The number of aryl methyl sites for hydroxylation is 2. The molecule has 0 radical (unpaired) electrons. The number of para-hydroxylation sites is 1. The summed E-state index contributed by atoms with van der Waals surface area (Å²) < 4.78 is 1.48. The summed E-state index contributed by atoms with van der Waals surface area (Å²) in [6.45, 7) is 9.85. The van der Waals surface area contributed by atoms with Crippen LogP contribution in [0, 0.1) is 6.92 Å². The molecule has 2 aromatic carbocycles. The number of carbonyl (C=O) groups excluding carboxylic acids is 1. The molecule has 1 aromatic heterocycles. The van der Waals surface area contributed by atoms with Crippen LogP contribution in [0.3, 0.4) is 0 Å². The van der Waals surface area contributed by atoms with E-state index in [1.807, 2.05) is 31.2 Å². The normalized spacial score (nSPS) is 10.9. The molecule has 0 fully saturated rings. The number of rotatable bonds is 14. The fourth-order valence-electron chi connectivity index (χ4n) is 4.15. The number of aromatic nitrogens is 2. The number of benzene rings is 2. The minimum Gasteiger partial charge on any atom is -0.352 e. The zero-order chi connectivity index (χ0) is 28.5. The third kappa shape index (κ3) is 10.3. The minimum atomic E-state index is -0.173. The van der Waals surface area contributed by atoms with Crippen molar-refractivity contribution in [3.05, 3.63) is 81.3 Å². The van der Waals surface area contributed by atoms with E-state index in [4.69, 9.17) is 5.73 Å². The topological polar surface area (TPSA) is 105 Å². The molecule has 39 heavy (non-hydrogen) atoms. The van der Waals surface area contributed by atoms with Crippen LogP contribution in [0.25, 0.3) is 5.69 Å². The summed E-state index contributed by atoms with van der Waals surface area (Å²) in [4.78, 5) is 29.8. The number of hydrogen-bond donors (Lipinski definition) is 3. The molecular weight excluding hydrogens is 486 g/mol. The van der Waals surface area contributed by atoms with Crippen molar-refractivity contribution >= 4 is 17.8 Å². The largest absolute Gasteiger partial charge is 0.352 e. The Morgan fingerprint density at radius 3 is 2.26 bits per heavy atom. The van der Waals surface area contributed by atoms with Crippen molar-refractivity contribution in [2.75, 3.05) is 13.1 Å². The summed E-state index contributed by atoms with van der Waals surface area (Å²) in [5.41, 5.74) is 9.61. The molecule has 0 atom stereocenters. The van der Waals surface area contributed by atoms with Crippen molar-refractivity contribution in [2.24, 2.45) is 10.7 Å². The van der Waals surface area contributed by atoms with E-state index in [0.717, 1.165) is 42.8 Å². The molecule has 0 aliphatic heterocycles. The van der Waals surface area contributed by atoms with Gasteiger partial charge in [-0.2, -0.15) is 0 Å². The lowest BCUT2D eigenvalue weighted by Crippen LogP contribution is -2.24. The Balaban J connectivity index is 0.000000673. The van der Waals surface area contributed by atoms with Gasteiger partial charge < -0.3 is 11.1 Å². The highest BCUT2D eigenvalue weighted by molar-refractivity contribution is 5.94. The molecule has 1 amide bonds. The predicted molar refractivity (Wildman–Crippen MR) is 164 cm³/mol. The summed E-state index contributed by atoms with van der Waals surface area (Å²) in [6.07, 6.45) is 12.1. The fourth-order valence-corrected chi connectivity index (χ4v) is 4.15. The third-order valence-corrected chi connectivity index (χ3v) is 6.58. The molecule has 0 aliphatic carbocycles. The lowest BCUT2D eigenvalue weighted by Gasteiger charge is -2.06. The number of amides is 1. The van der Waals surface area contributed by atoms with Gasteiger partial charge in [-0.25, -0.2) is 4.68 Å². The Kier molecular flexibility index (Phi) is 14.6. The maximum absolute atomic E-state index is 13.0. The number of carbonyl (C=O) groups is 1.